The highest BCUT2D eigenvalue weighted by atomic mass is 16.5. The topological polar surface area (TPSA) is 70.2 Å². The van der Waals surface area contributed by atoms with Crippen molar-refractivity contribution < 1.29 is 9.53 Å². The molecule has 1 saturated carbocycles. The molecule has 3 aliphatic heterocycles. The highest BCUT2D eigenvalue weighted by Gasteiger charge is 2.65. The number of carbonyl (C=O) groups is 1. The quantitative estimate of drug-likeness (QED) is 0.380. The molecule has 3 fully saturated rings. The first-order chi connectivity index (χ1) is 18.7. The summed E-state index contributed by atoms with van der Waals surface area (Å²) in [6.07, 6.45) is 8.33. The fourth-order valence-corrected chi connectivity index (χ4v) is 6.95. The number of rotatable bonds is 5. The maximum absolute atomic E-state index is 12.9. The first-order valence-electron chi connectivity index (χ1n) is 13.7. The standard InChI is InChI=1S/C32H30N4O2/c37-31-32(26-3-1-2-4-29(26)33-31)16-27(32)22-10-13-25-28(34-35-30(25)15-22)14-9-20-5-7-21(8-6-20)17-36-18-23-11-12-24(19-36)38-23/h1-10,13-15,23-24,27H,11-12,16-19H2,(H,33,37)(H,34,35)/t23?,24?,27-,32-/m0/s1. The number of morpholine rings is 1. The van der Waals surface area contributed by atoms with E-state index in [0.29, 0.717) is 12.2 Å². The summed E-state index contributed by atoms with van der Waals surface area (Å²) < 4.78 is 5.97. The molecule has 1 aromatic heterocycles. The zero-order valence-corrected chi connectivity index (χ0v) is 21.2. The van der Waals surface area contributed by atoms with Gasteiger partial charge in [-0.15, -0.1) is 0 Å². The molecule has 190 valence electrons. The lowest BCUT2D eigenvalue weighted by Crippen LogP contribution is -2.41. The predicted octanol–water partition coefficient (Wildman–Crippen LogP) is 5.47. The molecule has 8 rings (SSSR count). The Morgan fingerprint density at radius 3 is 2.66 bits per heavy atom. The number of aromatic nitrogens is 2. The van der Waals surface area contributed by atoms with Crippen LogP contribution in [0.3, 0.4) is 0 Å². The number of fused-ring (bicyclic) bond motifs is 5. The molecule has 2 bridgehead atoms. The summed E-state index contributed by atoms with van der Waals surface area (Å²) in [5.41, 5.74) is 7.29. The van der Waals surface area contributed by atoms with Crippen LogP contribution in [0.5, 0.6) is 0 Å². The molecule has 1 aliphatic carbocycles. The van der Waals surface area contributed by atoms with E-state index in [9.17, 15) is 4.79 Å². The van der Waals surface area contributed by atoms with E-state index < -0.39 is 5.41 Å². The van der Waals surface area contributed by atoms with Gasteiger partial charge in [-0.3, -0.25) is 14.8 Å². The zero-order chi connectivity index (χ0) is 25.3. The third-order valence-electron chi connectivity index (χ3n) is 8.98. The molecule has 2 unspecified atom stereocenters. The first kappa shape index (κ1) is 22.3. The van der Waals surface area contributed by atoms with Gasteiger partial charge in [-0.1, -0.05) is 60.7 Å². The smallest absolute Gasteiger partial charge is 0.235 e. The molecule has 6 heteroatoms. The second-order valence-electron chi connectivity index (χ2n) is 11.4. The van der Waals surface area contributed by atoms with Gasteiger partial charge in [0.05, 0.1) is 28.8 Å². The number of benzene rings is 3. The van der Waals surface area contributed by atoms with Gasteiger partial charge in [0.15, 0.2) is 0 Å². The Morgan fingerprint density at radius 2 is 1.82 bits per heavy atom. The Kier molecular flexibility index (Phi) is 4.91. The van der Waals surface area contributed by atoms with Gasteiger partial charge in [-0.2, -0.15) is 5.10 Å². The van der Waals surface area contributed by atoms with Crippen molar-refractivity contribution in [1.82, 2.24) is 15.1 Å². The lowest BCUT2D eigenvalue weighted by Gasteiger charge is -2.32. The summed E-state index contributed by atoms with van der Waals surface area (Å²) in [6, 6.07) is 23.4. The molecular formula is C32H30N4O2. The van der Waals surface area contributed by atoms with Crippen LogP contribution in [-0.2, 0) is 21.5 Å². The SMILES string of the molecule is O=C1Nc2ccccc2[C@]12C[C@H]2c1ccc2c(C=Cc3ccc(CN4CC5CCC(C4)O5)cc3)n[nH]c2c1. The number of anilines is 1. The van der Waals surface area contributed by atoms with E-state index in [1.807, 2.05) is 18.2 Å². The van der Waals surface area contributed by atoms with Crippen LogP contribution >= 0.6 is 0 Å². The number of ether oxygens (including phenoxy) is 1. The Labute approximate surface area is 221 Å². The summed E-state index contributed by atoms with van der Waals surface area (Å²) in [6.45, 7) is 3.09. The van der Waals surface area contributed by atoms with E-state index in [0.717, 1.165) is 59.5 Å². The van der Waals surface area contributed by atoms with Crippen LogP contribution in [0.4, 0.5) is 5.69 Å². The highest BCUT2D eigenvalue weighted by molar-refractivity contribution is 6.09. The van der Waals surface area contributed by atoms with E-state index in [1.54, 1.807) is 0 Å². The van der Waals surface area contributed by atoms with Gasteiger partial charge in [0.25, 0.3) is 0 Å². The molecule has 6 nitrogen and oxygen atoms in total. The van der Waals surface area contributed by atoms with E-state index >= 15 is 0 Å². The van der Waals surface area contributed by atoms with Crippen LogP contribution in [0.1, 0.15) is 53.1 Å². The van der Waals surface area contributed by atoms with Crippen molar-refractivity contribution in [2.24, 2.45) is 0 Å². The Bertz CT molecular complexity index is 1580. The van der Waals surface area contributed by atoms with Crippen molar-refractivity contribution in [1.29, 1.82) is 0 Å². The minimum absolute atomic E-state index is 0.125. The minimum Gasteiger partial charge on any atom is -0.372 e. The summed E-state index contributed by atoms with van der Waals surface area (Å²) in [5, 5.41) is 12.0. The molecule has 3 aromatic carbocycles. The maximum atomic E-state index is 12.9. The van der Waals surface area contributed by atoms with Crippen LogP contribution in [0.25, 0.3) is 23.1 Å². The molecule has 4 atom stereocenters. The van der Waals surface area contributed by atoms with Crippen molar-refractivity contribution >= 4 is 34.6 Å². The van der Waals surface area contributed by atoms with Gasteiger partial charge in [-0.25, -0.2) is 0 Å². The van der Waals surface area contributed by atoms with Crippen LogP contribution in [0, 0.1) is 0 Å². The molecule has 1 amide bonds. The molecular weight excluding hydrogens is 472 g/mol. The van der Waals surface area contributed by atoms with Crippen molar-refractivity contribution in [2.45, 2.75) is 49.3 Å². The number of hydrogen-bond acceptors (Lipinski definition) is 4. The third kappa shape index (κ3) is 3.55. The average molecular weight is 503 g/mol. The number of nitrogens with zero attached hydrogens (tertiary/aromatic N) is 2. The van der Waals surface area contributed by atoms with Crippen LogP contribution in [0.15, 0.2) is 66.7 Å². The van der Waals surface area contributed by atoms with Crippen molar-refractivity contribution in [3.05, 3.63) is 94.7 Å². The lowest BCUT2D eigenvalue weighted by atomic mass is 9.92. The molecule has 38 heavy (non-hydrogen) atoms. The monoisotopic (exact) mass is 502 g/mol. The first-order valence-corrected chi connectivity index (χ1v) is 13.7. The predicted molar refractivity (Wildman–Crippen MR) is 149 cm³/mol. The summed E-state index contributed by atoms with van der Waals surface area (Å²) in [4.78, 5) is 15.4. The fraction of sp³-hybridized carbons (Fsp3) is 0.312. The maximum Gasteiger partial charge on any atom is 0.235 e. The summed E-state index contributed by atoms with van der Waals surface area (Å²) in [7, 11) is 0. The molecule has 0 radical (unpaired) electrons. The van der Waals surface area contributed by atoms with Gasteiger partial charge in [-0.05, 0) is 59.7 Å². The number of likely N-dealkylation sites (tertiary alicyclic amines) is 1. The number of carbonyl (C=O) groups excluding carboxylic acids is 1. The van der Waals surface area contributed by atoms with E-state index in [-0.39, 0.29) is 11.8 Å². The van der Waals surface area contributed by atoms with E-state index in [2.05, 4.69) is 81.1 Å². The zero-order valence-electron chi connectivity index (χ0n) is 21.2. The number of amides is 1. The molecule has 4 aliphatic rings. The number of para-hydroxylation sites is 1. The number of aromatic amines is 1. The average Bonchev–Trinajstić information content (AvgIpc) is 3.28. The number of nitrogens with one attached hydrogen (secondary N) is 2. The van der Waals surface area contributed by atoms with Gasteiger partial charge in [0.1, 0.15) is 0 Å². The molecule has 2 N–H and O–H groups in total. The van der Waals surface area contributed by atoms with Crippen LogP contribution in [0.2, 0.25) is 0 Å². The normalized spacial score (nSPS) is 27.9. The lowest BCUT2D eigenvalue weighted by molar-refractivity contribution is -0.118. The molecule has 4 aromatic rings. The van der Waals surface area contributed by atoms with E-state index in [1.165, 1.54) is 24.0 Å². The van der Waals surface area contributed by atoms with Crippen molar-refractivity contribution in [2.75, 3.05) is 18.4 Å². The third-order valence-corrected chi connectivity index (χ3v) is 8.98. The highest BCUT2D eigenvalue weighted by Crippen LogP contribution is 2.65. The molecule has 2 saturated heterocycles. The van der Waals surface area contributed by atoms with Crippen LogP contribution in [-0.4, -0.2) is 46.3 Å². The number of H-pyrrole nitrogens is 1. The second kappa shape index (κ2) is 8.38. The Hall–Kier alpha value is -3.74. The number of hydrogen-bond donors (Lipinski definition) is 2. The Morgan fingerprint density at radius 1 is 1.00 bits per heavy atom. The molecule has 4 heterocycles. The van der Waals surface area contributed by atoms with Gasteiger partial charge in [0, 0.05) is 36.6 Å². The fourth-order valence-electron chi connectivity index (χ4n) is 6.95. The Balaban J connectivity index is 0.973. The minimum atomic E-state index is -0.416. The summed E-state index contributed by atoms with van der Waals surface area (Å²) in [5.74, 6) is 0.323. The molecule has 1 spiro atoms. The van der Waals surface area contributed by atoms with Gasteiger partial charge >= 0.3 is 0 Å². The van der Waals surface area contributed by atoms with Gasteiger partial charge < -0.3 is 10.1 Å². The van der Waals surface area contributed by atoms with Gasteiger partial charge in [0.2, 0.25) is 5.91 Å². The second-order valence-corrected chi connectivity index (χ2v) is 11.4. The largest absolute Gasteiger partial charge is 0.372 e. The summed E-state index contributed by atoms with van der Waals surface area (Å²) >= 11 is 0. The van der Waals surface area contributed by atoms with Crippen molar-refractivity contribution in [3.63, 3.8) is 0 Å². The van der Waals surface area contributed by atoms with Crippen LogP contribution < -0.4 is 5.32 Å². The van der Waals surface area contributed by atoms with Crippen molar-refractivity contribution in [3.8, 4) is 0 Å². The van der Waals surface area contributed by atoms with E-state index in [4.69, 9.17) is 4.74 Å².